The normalized spacial score (nSPS) is 14.3. The largest absolute Gasteiger partial charge is 0.484 e. The van der Waals surface area contributed by atoms with Gasteiger partial charge in [0.25, 0.3) is 5.91 Å². The van der Waals surface area contributed by atoms with Crippen LogP contribution in [0.4, 0.5) is 0 Å². The summed E-state index contributed by atoms with van der Waals surface area (Å²) in [5.41, 5.74) is 1.71. The standard InChI is InChI=1S/C22H21NO4/c24-21(23-11-5-2-6-12-23)15-26-17-9-10-18-20(13-17)27-14-19(22(18)25)16-7-3-1-4-8-16/h1,3-4,7-10,13-14H,2,5-6,11-12,15H2. The molecule has 5 nitrogen and oxygen atoms in total. The summed E-state index contributed by atoms with van der Waals surface area (Å²) in [5, 5.41) is 0.492. The number of nitrogens with zero attached hydrogens (tertiary/aromatic N) is 1. The molecule has 5 heteroatoms. The van der Waals surface area contributed by atoms with Crippen LogP contribution in [0.5, 0.6) is 5.75 Å². The second-order valence-electron chi connectivity index (χ2n) is 6.73. The Morgan fingerprint density at radius 1 is 1.04 bits per heavy atom. The minimum Gasteiger partial charge on any atom is -0.484 e. The van der Waals surface area contributed by atoms with Gasteiger partial charge in [-0.3, -0.25) is 9.59 Å². The Balaban J connectivity index is 1.53. The molecule has 0 N–H and O–H groups in total. The van der Waals surface area contributed by atoms with E-state index < -0.39 is 0 Å². The Morgan fingerprint density at radius 3 is 2.59 bits per heavy atom. The highest BCUT2D eigenvalue weighted by atomic mass is 16.5. The van der Waals surface area contributed by atoms with Crippen LogP contribution in [0.15, 0.2) is 64.0 Å². The molecule has 1 aliphatic rings. The molecule has 2 heterocycles. The molecule has 0 unspecified atom stereocenters. The van der Waals surface area contributed by atoms with Gasteiger partial charge in [-0.15, -0.1) is 0 Å². The maximum absolute atomic E-state index is 12.8. The quantitative estimate of drug-likeness (QED) is 0.706. The number of hydrogen-bond acceptors (Lipinski definition) is 4. The van der Waals surface area contributed by atoms with E-state index in [1.54, 1.807) is 18.2 Å². The van der Waals surface area contributed by atoms with E-state index in [1.807, 2.05) is 35.2 Å². The third kappa shape index (κ3) is 3.72. The molecule has 1 aliphatic heterocycles. The Kier molecular flexibility index (Phi) is 4.92. The molecule has 1 aromatic heterocycles. The van der Waals surface area contributed by atoms with Crippen LogP contribution in [-0.4, -0.2) is 30.5 Å². The van der Waals surface area contributed by atoms with Gasteiger partial charge in [0.15, 0.2) is 12.0 Å². The molecule has 0 bridgehead atoms. The van der Waals surface area contributed by atoms with Crippen molar-refractivity contribution in [3.63, 3.8) is 0 Å². The molecule has 4 rings (SSSR count). The zero-order valence-electron chi connectivity index (χ0n) is 15.0. The lowest BCUT2D eigenvalue weighted by molar-refractivity contribution is -0.134. The maximum atomic E-state index is 12.8. The summed E-state index contributed by atoms with van der Waals surface area (Å²) in [6.07, 6.45) is 4.76. The van der Waals surface area contributed by atoms with Gasteiger partial charge in [0.05, 0.1) is 10.9 Å². The highest BCUT2D eigenvalue weighted by Crippen LogP contribution is 2.23. The Morgan fingerprint density at radius 2 is 1.81 bits per heavy atom. The fourth-order valence-electron chi connectivity index (χ4n) is 3.40. The highest BCUT2D eigenvalue weighted by Gasteiger charge is 2.17. The highest BCUT2D eigenvalue weighted by molar-refractivity contribution is 5.83. The van der Waals surface area contributed by atoms with Crippen LogP contribution in [0, 0.1) is 0 Å². The van der Waals surface area contributed by atoms with Gasteiger partial charge in [-0.25, -0.2) is 0 Å². The first-order valence-electron chi connectivity index (χ1n) is 9.24. The maximum Gasteiger partial charge on any atom is 0.260 e. The van der Waals surface area contributed by atoms with E-state index in [4.69, 9.17) is 9.15 Å². The second kappa shape index (κ2) is 7.66. The number of benzene rings is 2. The number of fused-ring (bicyclic) bond motifs is 1. The molecule has 0 aliphatic carbocycles. The molecular formula is C22H21NO4. The van der Waals surface area contributed by atoms with Crippen molar-refractivity contribution >= 4 is 16.9 Å². The lowest BCUT2D eigenvalue weighted by atomic mass is 10.1. The molecule has 0 spiro atoms. The SMILES string of the molecule is O=C(COc1ccc2c(=O)c(-c3ccccc3)coc2c1)N1CCCCC1. The van der Waals surface area contributed by atoms with Gasteiger partial charge in [0, 0.05) is 19.2 Å². The van der Waals surface area contributed by atoms with Crippen molar-refractivity contribution in [2.24, 2.45) is 0 Å². The van der Waals surface area contributed by atoms with E-state index in [-0.39, 0.29) is 17.9 Å². The predicted octanol–water partition coefficient (Wildman–Crippen LogP) is 3.85. The van der Waals surface area contributed by atoms with Crippen molar-refractivity contribution in [1.29, 1.82) is 0 Å². The van der Waals surface area contributed by atoms with Gasteiger partial charge in [-0.05, 0) is 37.0 Å². The van der Waals surface area contributed by atoms with E-state index in [9.17, 15) is 9.59 Å². The lowest BCUT2D eigenvalue weighted by Crippen LogP contribution is -2.38. The van der Waals surface area contributed by atoms with Crippen LogP contribution in [-0.2, 0) is 4.79 Å². The van der Waals surface area contributed by atoms with E-state index in [1.165, 1.54) is 12.7 Å². The summed E-state index contributed by atoms with van der Waals surface area (Å²) in [5.74, 6) is 0.513. The summed E-state index contributed by atoms with van der Waals surface area (Å²) < 4.78 is 11.3. The molecule has 0 radical (unpaired) electrons. The number of amides is 1. The summed E-state index contributed by atoms with van der Waals surface area (Å²) >= 11 is 0. The molecule has 1 amide bonds. The summed E-state index contributed by atoms with van der Waals surface area (Å²) in [6.45, 7) is 1.60. The molecule has 138 valence electrons. The van der Waals surface area contributed by atoms with Gasteiger partial charge >= 0.3 is 0 Å². The zero-order valence-corrected chi connectivity index (χ0v) is 15.0. The average Bonchev–Trinajstić information content (AvgIpc) is 2.73. The molecule has 27 heavy (non-hydrogen) atoms. The Hall–Kier alpha value is -3.08. The van der Waals surface area contributed by atoms with Gasteiger partial charge in [0.1, 0.15) is 17.6 Å². The molecule has 3 aromatic rings. The molecule has 2 aromatic carbocycles. The first-order valence-corrected chi connectivity index (χ1v) is 9.24. The summed E-state index contributed by atoms with van der Waals surface area (Å²) in [7, 11) is 0. The predicted molar refractivity (Wildman–Crippen MR) is 104 cm³/mol. The topological polar surface area (TPSA) is 59.8 Å². The minimum absolute atomic E-state index is 0.00215. The Bertz CT molecular complexity index is 1000. The van der Waals surface area contributed by atoms with Crippen molar-refractivity contribution < 1.29 is 13.9 Å². The van der Waals surface area contributed by atoms with Crippen LogP contribution in [0.2, 0.25) is 0 Å². The number of carbonyl (C=O) groups excluding carboxylic acids is 1. The first kappa shape index (κ1) is 17.3. The fraction of sp³-hybridized carbons (Fsp3) is 0.273. The second-order valence-corrected chi connectivity index (χ2v) is 6.73. The number of ether oxygens (including phenoxy) is 1. The summed E-state index contributed by atoms with van der Waals surface area (Å²) in [4.78, 5) is 26.8. The van der Waals surface area contributed by atoms with E-state index in [0.29, 0.717) is 22.3 Å². The zero-order chi connectivity index (χ0) is 18.6. The number of likely N-dealkylation sites (tertiary alicyclic amines) is 1. The van der Waals surface area contributed by atoms with Crippen LogP contribution in [0.25, 0.3) is 22.1 Å². The van der Waals surface area contributed by atoms with Gasteiger partial charge < -0.3 is 14.1 Å². The average molecular weight is 363 g/mol. The number of carbonyl (C=O) groups is 1. The van der Waals surface area contributed by atoms with Gasteiger partial charge in [0.2, 0.25) is 0 Å². The number of hydrogen-bond donors (Lipinski definition) is 0. The number of rotatable bonds is 4. The van der Waals surface area contributed by atoms with Crippen molar-refractivity contribution in [3.05, 3.63) is 65.0 Å². The van der Waals surface area contributed by atoms with Crippen LogP contribution >= 0.6 is 0 Å². The fourth-order valence-corrected chi connectivity index (χ4v) is 3.40. The van der Waals surface area contributed by atoms with E-state index in [2.05, 4.69) is 0 Å². The minimum atomic E-state index is -0.0848. The molecule has 0 saturated carbocycles. The van der Waals surface area contributed by atoms with Crippen molar-refractivity contribution in [3.8, 4) is 16.9 Å². The third-order valence-corrected chi connectivity index (χ3v) is 4.90. The molecule has 1 fully saturated rings. The van der Waals surface area contributed by atoms with Gasteiger partial charge in [-0.1, -0.05) is 30.3 Å². The third-order valence-electron chi connectivity index (χ3n) is 4.90. The van der Waals surface area contributed by atoms with Crippen molar-refractivity contribution in [2.75, 3.05) is 19.7 Å². The smallest absolute Gasteiger partial charge is 0.260 e. The number of piperidine rings is 1. The molecule has 0 atom stereocenters. The van der Waals surface area contributed by atoms with Crippen molar-refractivity contribution in [1.82, 2.24) is 4.90 Å². The van der Waals surface area contributed by atoms with Crippen LogP contribution in [0.1, 0.15) is 19.3 Å². The molecular weight excluding hydrogens is 342 g/mol. The summed E-state index contributed by atoms with van der Waals surface area (Å²) in [6, 6.07) is 14.5. The van der Waals surface area contributed by atoms with E-state index in [0.717, 1.165) is 31.5 Å². The van der Waals surface area contributed by atoms with E-state index >= 15 is 0 Å². The Labute approximate surface area is 157 Å². The van der Waals surface area contributed by atoms with Gasteiger partial charge in [-0.2, -0.15) is 0 Å². The monoisotopic (exact) mass is 363 g/mol. The lowest BCUT2D eigenvalue weighted by Gasteiger charge is -2.26. The van der Waals surface area contributed by atoms with Crippen molar-refractivity contribution in [2.45, 2.75) is 19.3 Å². The molecule has 1 saturated heterocycles. The van der Waals surface area contributed by atoms with Crippen LogP contribution in [0.3, 0.4) is 0 Å². The van der Waals surface area contributed by atoms with Crippen LogP contribution < -0.4 is 10.2 Å². The first-order chi connectivity index (χ1) is 13.2.